The van der Waals surface area contributed by atoms with E-state index in [9.17, 15) is 14.0 Å². The van der Waals surface area contributed by atoms with Crippen LogP contribution in [-0.2, 0) is 6.54 Å². The van der Waals surface area contributed by atoms with Crippen molar-refractivity contribution in [2.24, 2.45) is 0 Å². The van der Waals surface area contributed by atoms with Crippen LogP contribution >= 0.6 is 0 Å². The largest absolute Gasteiger partial charge is 0.494 e. The fourth-order valence-electron chi connectivity index (χ4n) is 3.42. The summed E-state index contributed by atoms with van der Waals surface area (Å²) in [6.07, 6.45) is 4.69. The Hall–Kier alpha value is -4.59. The lowest BCUT2D eigenvalue weighted by atomic mass is 10.1. The molecule has 3 heterocycles. The maximum Gasteiger partial charge on any atom is 0.183 e. The van der Waals surface area contributed by atoms with Gasteiger partial charge in [0.15, 0.2) is 17.4 Å². The van der Waals surface area contributed by atoms with Gasteiger partial charge in [0.1, 0.15) is 34.7 Å². The van der Waals surface area contributed by atoms with E-state index in [4.69, 9.17) is 9.47 Å². The van der Waals surface area contributed by atoms with Gasteiger partial charge in [-0.3, -0.25) is 9.67 Å². The lowest BCUT2D eigenvalue weighted by Gasteiger charge is -2.11. The molecule has 0 saturated heterocycles. The van der Waals surface area contributed by atoms with Gasteiger partial charge < -0.3 is 14.8 Å². The smallest absolute Gasteiger partial charge is 0.183 e. The van der Waals surface area contributed by atoms with E-state index < -0.39 is 11.6 Å². The molecule has 1 aromatic carbocycles. The predicted octanol–water partition coefficient (Wildman–Crippen LogP) is 4.39. The molecule has 0 fully saturated rings. The van der Waals surface area contributed by atoms with Crippen LogP contribution in [0.4, 0.5) is 20.3 Å². The normalized spacial score (nSPS) is 10.6. The highest BCUT2D eigenvalue weighted by molar-refractivity contribution is 5.67. The third kappa shape index (κ3) is 4.86. The first-order chi connectivity index (χ1) is 16.9. The number of anilines is 2. The highest BCUT2D eigenvalue weighted by Gasteiger charge is 2.22. The summed E-state index contributed by atoms with van der Waals surface area (Å²) < 4.78 is 41.1. The fourth-order valence-corrected chi connectivity index (χ4v) is 3.42. The standard InChI is InChI=1S/C24H21F2N7O2/c1-4-35-16-9-19(25)18(20(26)10-16)13-33-14(2)17(11-27)22(32-33)24-29-12-21(34-3)23(31-24)30-15-5-7-28-8-6-15/h5-10,12H,4,13H2,1-3H3,(H,28,29,30,31). The van der Waals surface area contributed by atoms with Crippen LogP contribution in [0.25, 0.3) is 11.5 Å². The SMILES string of the molecule is CCOc1cc(F)c(Cn2nc(-c3ncc(OC)c(Nc4ccncc4)n3)c(C#N)c2C)c(F)c1. The first-order valence-electron chi connectivity index (χ1n) is 10.6. The van der Waals surface area contributed by atoms with Crippen LogP contribution in [0.5, 0.6) is 11.5 Å². The molecule has 4 aromatic rings. The number of nitrogens with one attached hydrogen (secondary N) is 1. The number of hydrogen-bond acceptors (Lipinski definition) is 8. The van der Waals surface area contributed by atoms with Crippen molar-refractivity contribution in [1.29, 1.82) is 5.26 Å². The Bertz CT molecular complexity index is 1380. The molecule has 0 aliphatic heterocycles. The van der Waals surface area contributed by atoms with Crippen molar-refractivity contribution in [2.45, 2.75) is 20.4 Å². The lowest BCUT2D eigenvalue weighted by molar-refractivity contribution is 0.335. The number of pyridine rings is 1. The second-order valence-corrected chi connectivity index (χ2v) is 7.35. The Balaban J connectivity index is 1.72. The zero-order valence-electron chi connectivity index (χ0n) is 19.2. The van der Waals surface area contributed by atoms with E-state index in [0.717, 1.165) is 12.1 Å². The first kappa shape index (κ1) is 23.6. The Labute approximate surface area is 200 Å². The molecule has 0 atom stereocenters. The van der Waals surface area contributed by atoms with Crippen LogP contribution in [-0.4, -0.2) is 38.4 Å². The molecule has 4 rings (SSSR count). The number of rotatable bonds is 8. The zero-order valence-corrected chi connectivity index (χ0v) is 19.2. The molecule has 11 heteroatoms. The lowest BCUT2D eigenvalue weighted by Crippen LogP contribution is -2.09. The topological polar surface area (TPSA) is 111 Å². The van der Waals surface area contributed by atoms with E-state index in [0.29, 0.717) is 22.9 Å². The molecule has 0 amide bonds. The minimum absolute atomic E-state index is 0.0997. The Morgan fingerprint density at radius 1 is 1.17 bits per heavy atom. The number of aromatic nitrogens is 5. The summed E-state index contributed by atoms with van der Waals surface area (Å²) in [7, 11) is 1.48. The Kier molecular flexibility index (Phi) is 6.82. The van der Waals surface area contributed by atoms with E-state index >= 15 is 0 Å². The number of ether oxygens (including phenoxy) is 2. The van der Waals surface area contributed by atoms with Crippen LogP contribution in [0, 0.1) is 29.9 Å². The monoisotopic (exact) mass is 477 g/mol. The molecule has 35 heavy (non-hydrogen) atoms. The summed E-state index contributed by atoms with van der Waals surface area (Å²) in [6, 6.07) is 7.84. The van der Waals surface area contributed by atoms with Crippen molar-refractivity contribution >= 4 is 11.5 Å². The van der Waals surface area contributed by atoms with Gasteiger partial charge in [0.25, 0.3) is 0 Å². The average molecular weight is 477 g/mol. The van der Waals surface area contributed by atoms with Crippen LogP contribution in [0.1, 0.15) is 23.7 Å². The third-order valence-corrected chi connectivity index (χ3v) is 5.18. The van der Waals surface area contributed by atoms with Gasteiger partial charge in [-0.05, 0) is 26.0 Å². The van der Waals surface area contributed by atoms with E-state index in [1.807, 2.05) is 0 Å². The molecule has 0 bridgehead atoms. The van der Waals surface area contributed by atoms with Gasteiger partial charge in [0.2, 0.25) is 0 Å². The number of methoxy groups -OCH3 is 1. The molecular weight excluding hydrogens is 456 g/mol. The summed E-state index contributed by atoms with van der Waals surface area (Å²) in [5.41, 5.74) is 1.30. The van der Waals surface area contributed by atoms with Gasteiger partial charge in [0.05, 0.1) is 32.2 Å². The Morgan fingerprint density at radius 2 is 1.89 bits per heavy atom. The second-order valence-electron chi connectivity index (χ2n) is 7.35. The first-order valence-corrected chi connectivity index (χ1v) is 10.6. The summed E-state index contributed by atoms with van der Waals surface area (Å²) in [5.74, 6) is -0.570. The van der Waals surface area contributed by atoms with Gasteiger partial charge in [-0.25, -0.2) is 18.7 Å². The van der Waals surface area contributed by atoms with Gasteiger partial charge in [-0.15, -0.1) is 0 Å². The van der Waals surface area contributed by atoms with Crippen molar-refractivity contribution in [1.82, 2.24) is 24.7 Å². The van der Waals surface area contributed by atoms with Crippen LogP contribution in [0.2, 0.25) is 0 Å². The van der Waals surface area contributed by atoms with Gasteiger partial charge >= 0.3 is 0 Å². The van der Waals surface area contributed by atoms with E-state index in [1.54, 1.807) is 38.4 Å². The highest BCUT2D eigenvalue weighted by Crippen LogP contribution is 2.30. The highest BCUT2D eigenvalue weighted by atomic mass is 19.1. The summed E-state index contributed by atoms with van der Waals surface area (Å²) >= 11 is 0. The fraction of sp³-hybridized carbons (Fsp3) is 0.208. The number of halogens is 2. The maximum absolute atomic E-state index is 14.6. The summed E-state index contributed by atoms with van der Waals surface area (Å²) in [5, 5.41) is 17.3. The maximum atomic E-state index is 14.6. The minimum Gasteiger partial charge on any atom is -0.494 e. The summed E-state index contributed by atoms with van der Waals surface area (Å²) in [6.45, 7) is 3.41. The molecular formula is C24H21F2N7O2. The minimum atomic E-state index is -0.770. The van der Waals surface area contributed by atoms with E-state index in [2.05, 4.69) is 31.4 Å². The Morgan fingerprint density at radius 3 is 2.51 bits per heavy atom. The molecule has 178 valence electrons. The zero-order chi connectivity index (χ0) is 24.9. The molecule has 0 aliphatic rings. The van der Waals surface area contributed by atoms with Crippen molar-refractivity contribution < 1.29 is 18.3 Å². The predicted molar refractivity (Wildman–Crippen MR) is 123 cm³/mol. The van der Waals surface area contributed by atoms with E-state index in [1.165, 1.54) is 18.0 Å². The van der Waals surface area contributed by atoms with Gasteiger partial charge in [0, 0.05) is 35.8 Å². The molecule has 0 unspecified atom stereocenters. The molecule has 0 aliphatic carbocycles. The van der Waals surface area contributed by atoms with Crippen molar-refractivity contribution in [3.05, 3.63) is 71.3 Å². The van der Waals surface area contributed by atoms with Crippen molar-refractivity contribution in [2.75, 3.05) is 19.0 Å². The third-order valence-electron chi connectivity index (χ3n) is 5.18. The molecule has 0 spiro atoms. The van der Waals surface area contributed by atoms with Crippen molar-refractivity contribution in [3.8, 4) is 29.1 Å². The average Bonchev–Trinajstić information content (AvgIpc) is 3.17. The molecule has 0 radical (unpaired) electrons. The summed E-state index contributed by atoms with van der Waals surface area (Å²) in [4.78, 5) is 12.7. The number of nitriles is 1. The number of benzene rings is 1. The quantitative estimate of drug-likeness (QED) is 0.398. The number of nitrogens with zero attached hydrogens (tertiary/aromatic N) is 6. The van der Waals surface area contributed by atoms with Crippen LogP contribution in [0.15, 0.2) is 42.9 Å². The van der Waals surface area contributed by atoms with Gasteiger partial charge in [-0.1, -0.05) is 0 Å². The molecule has 1 N–H and O–H groups in total. The molecule has 9 nitrogen and oxygen atoms in total. The van der Waals surface area contributed by atoms with Gasteiger partial charge in [-0.2, -0.15) is 10.4 Å². The van der Waals surface area contributed by atoms with Crippen LogP contribution in [0.3, 0.4) is 0 Å². The number of hydrogen-bond donors (Lipinski definition) is 1. The molecule has 0 saturated carbocycles. The van der Waals surface area contributed by atoms with Crippen LogP contribution < -0.4 is 14.8 Å². The second kappa shape index (κ2) is 10.1. The molecule has 3 aromatic heterocycles. The van der Waals surface area contributed by atoms with E-state index in [-0.39, 0.29) is 41.5 Å². The van der Waals surface area contributed by atoms with Crippen molar-refractivity contribution in [3.63, 3.8) is 0 Å².